The zero-order valence-corrected chi connectivity index (χ0v) is 25.4. The average molecular weight is 536 g/mol. The number of fused-ring (bicyclic) bond motifs is 1. The minimum atomic E-state index is -1.04. The van der Waals surface area contributed by atoms with Crippen LogP contribution in [0, 0.1) is 17.8 Å². The second kappa shape index (κ2) is 10.3. The highest BCUT2D eigenvalue weighted by molar-refractivity contribution is 6.45. The number of carbonyl (C=O) groups is 3. The molecule has 3 fully saturated rings. The predicted octanol–water partition coefficient (Wildman–Crippen LogP) is 4.15. The molecule has 2 aliphatic heterocycles. The van der Waals surface area contributed by atoms with Gasteiger partial charge in [0, 0.05) is 25.6 Å². The molecule has 3 aliphatic rings. The van der Waals surface area contributed by atoms with Crippen LogP contribution >= 0.6 is 0 Å². The van der Waals surface area contributed by atoms with E-state index in [-0.39, 0.29) is 42.8 Å². The third-order valence-electron chi connectivity index (χ3n) is 8.43. The van der Waals surface area contributed by atoms with Crippen molar-refractivity contribution >= 4 is 25.0 Å². The maximum Gasteiger partial charge on any atom is 0.457 e. The van der Waals surface area contributed by atoms with Crippen molar-refractivity contribution in [2.45, 2.75) is 130 Å². The summed E-state index contributed by atoms with van der Waals surface area (Å²) in [5, 5.41) is 6.23. The standard InChI is InChI=1S/C28H50BN3O6/c1-18(33)30-28(22(34)31-24(2,3)4)15-19-16-32(23(35)36-25(5,6)7)17-20(19)21(28)13-12-14-29-37-26(8,9)27(10,11)38-29/h19-21H,12-17H2,1-11H3,(H,30,33)(H,31,34)/t19-,20+,21-,28-/m0/s1. The van der Waals surface area contributed by atoms with Gasteiger partial charge in [-0.05, 0) is 106 Å². The molecule has 2 N–H and O–H groups in total. The van der Waals surface area contributed by atoms with E-state index in [4.69, 9.17) is 14.0 Å². The number of amides is 3. The van der Waals surface area contributed by atoms with E-state index >= 15 is 0 Å². The van der Waals surface area contributed by atoms with Crippen molar-refractivity contribution in [2.24, 2.45) is 17.8 Å². The molecule has 9 nitrogen and oxygen atoms in total. The summed E-state index contributed by atoms with van der Waals surface area (Å²) in [6.45, 7) is 22.1. The molecular formula is C28H50BN3O6. The van der Waals surface area contributed by atoms with Crippen molar-refractivity contribution < 1.29 is 28.4 Å². The van der Waals surface area contributed by atoms with Crippen LogP contribution in [-0.2, 0) is 23.6 Å². The van der Waals surface area contributed by atoms with Gasteiger partial charge in [0.2, 0.25) is 11.8 Å². The normalized spacial score (nSPS) is 30.2. The SMILES string of the molecule is CC(=O)N[C@@]1(C(=O)NC(C)(C)C)C[C@H]2CN(C(=O)OC(C)(C)C)C[C@H]2[C@@H]1CCCB1OC(C)(C)C(C)(C)O1. The van der Waals surface area contributed by atoms with Crippen molar-refractivity contribution in [3.8, 4) is 0 Å². The first-order chi connectivity index (χ1) is 17.2. The molecule has 3 rings (SSSR count). The molecule has 0 aromatic rings. The summed E-state index contributed by atoms with van der Waals surface area (Å²) >= 11 is 0. The third kappa shape index (κ3) is 6.66. The smallest absolute Gasteiger partial charge is 0.444 e. The minimum Gasteiger partial charge on any atom is -0.444 e. The molecular weight excluding hydrogens is 485 g/mol. The minimum absolute atomic E-state index is 0.0679. The molecule has 3 amide bonds. The Bertz CT molecular complexity index is 909. The van der Waals surface area contributed by atoms with Crippen LogP contribution in [0.15, 0.2) is 0 Å². The molecule has 10 heteroatoms. The average Bonchev–Trinajstić information content (AvgIpc) is 3.27. The van der Waals surface area contributed by atoms with E-state index in [1.807, 2.05) is 69.2 Å². The van der Waals surface area contributed by atoms with Gasteiger partial charge in [0.25, 0.3) is 0 Å². The molecule has 2 saturated heterocycles. The Hall–Kier alpha value is -1.81. The fourth-order valence-electron chi connectivity index (χ4n) is 6.25. The van der Waals surface area contributed by atoms with Gasteiger partial charge in [-0.1, -0.05) is 6.42 Å². The van der Waals surface area contributed by atoms with Crippen molar-refractivity contribution in [1.29, 1.82) is 0 Å². The van der Waals surface area contributed by atoms with Crippen LogP contribution in [0.25, 0.3) is 0 Å². The Balaban J connectivity index is 1.83. The number of nitrogens with one attached hydrogen (secondary N) is 2. The Morgan fingerprint density at radius 1 is 1.00 bits per heavy atom. The number of rotatable bonds is 6. The largest absolute Gasteiger partial charge is 0.457 e. The predicted molar refractivity (Wildman–Crippen MR) is 147 cm³/mol. The molecule has 0 aromatic carbocycles. The van der Waals surface area contributed by atoms with Crippen LogP contribution < -0.4 is 10.6 Å². The second-order valence-electron chi connectivity index (χ2n) is 14.6. The third-order valence-corrected chi connectivity index (χ3v) is 8.43. The first kappa shape index (κ1) is 30.7. The molecule has 1 aliphatic carbocycles. The van der Waals surface area contributed by atoms with Gasteiger partial charge in [-0.3, -0.25) is 9.59 Å². The lowest BCUT2D eigenvalue weighted by molar-refractivity contribution is -0.136. The van der Waals surface area contributed by atoms with E-state index in [0.29, 0.717) is 32.3 Å². The van der Waals surface area contributed by atoms with Crippen molar-refractivity contribution in [3.63, 3.8) is 0 Å². The molecule has 1 saturated carbocycles. The lowest BCUT2D eigenvalue weighted by Crippen LogP contribution is -2.64. The summed E-state index contributed by atoms with van der Waals surface area (Å²) in [6.07, 6.45) is 2.31. The molecule has 0 radical (unpaired) electrons. The van der Waals surface area contributed by atoms with Gasteiger partial charge in [0.05, 0.1) is 11.2 Å². The molecule has 0 unspecified atom stereocenters. The van der Waals surface area contributed by atoms with Crippen LogP contribution in [0.5, 0.6) is 0 Å². The first-order valence-electron chi connectivity index (χ1n) is 14.1. The topological polar surface area (TPSA) is 106 Å². The van der Waals surface area contributed by atoms with Crippen LogP contribution in [0.4, 0.5) is 4.79 Å². The van der Waals surface area contributed by atoms with Crippen LogP contribution in [0.1, 0.15) is 95.4 Å². The number of likely N-dealkylation sites (tertiary alicyclic amines) is 1. The highest BCUT2D eigenvalue weighted by Crippen LogP contribution is 2.51. The van der Waals surface area contributed by atoms with E-state index in [2.05, 4.69) is 10.6 Å². The first-order valence-corrected chi connectivity index (χ1v) is 14.1. The lowest BCUT2D eigenvalue weighted by Gasteiger charge is -2.39. The summed E-state index contributed by atoms with van der Waals surface area (Å²) in [7, 11) is -0.322. The van der Waals surface area contributed by atoms with Gasteiger partial charge >= 0.3 is 13.2 Å². The van der Waals surface area contributed by atoms with Crippen molar-refractivity contribution in [3.05, 3.63) is 0 Å². The van der Waals surface area contributed by atoms with Gasteiger partial charge in [-0.2, -0.15) is 0 Å². The summed E-state index contributed by atoms with van der Waals surface area (Å²) in [4.78, 5) is 41.0. The second-order valence-corrected chi connectivity index (χ2v) is 14.6. The van der Waals surface area contributed by atoms with E-state index in [1.165, 1.54) is 6.92 Å². The quantitative estimate of drug-likeness (QED) is 0.495. The fraction of sp³-hybridized carbons (Fsp3) is 0.893. The highest BCUT2D eigenvalue weighted by Gasteiger charge is 2.61. The number of carbonyl (C=O) groups excluding carboxylic acids is 3. The Morgan fingerprint density at radius 3 is 2.08 bits per heavy atom. The van der Waals surface area contributed by atoms with Gasteiger partial charge in [-0.25, -0.2) is 4.79 Å². The van der Waals surface area contributed by atoms with E-state index in [9.17, 15) is 14.4 Å². The lowest BCUT2D eigenvalue weighted by atomic mass is 9.74. The fourth-order valence-corrected chi connectivity index (χ4v) is 6.25. The highest BCUT2D eigenvalue weighted by atomic mass is 16.7. The van der Waals surface area contributed by atoms with Gasteiger partial charge < -0.3 is 29.6 Å². The Labute approximate surface area is 229 Å². The summed E-state index contributed by atoms with van der Waals surface area (Å²) < 4.78 is 18.0. The van der Waals surface area contributed by atoms with Crippen LogP contribution in [0.2, 0.25) is 6.32 Å². The summed E-state index contributed by atoms with van der Waals surface area (Å²) in [5.74, 6) is -0.373. The maximum atomic E-state index is 13.9. The van der Waals surface area contributed by atoms with Crippen LogP contribution in [0.3, 0.4) is 0 Å². The molecule has 38 heavy (non-hydrogen) atoms. The number of hydrogen-bond donors (Lipinski definition) is 2. The van der Waals surface area contributed by atoms with Crippen molar-refractivity contribution in [2.75, 3.05) is 13.1 Å². The monoisotopic (exact) mass is 535 g/mol. The zero-order valence-electron chi connectivity index (χ0n) is 25.4. The number of hydrogen-bond acceptors (Lipinski definition) is 6. The maximum absolute atomic E-state index is 13.9. The Kier molecular flexibility index (Phi) is 8.33. The van der Waals surface area contributed by atoms with E-state index in [1.54, 1.807) is 4.90 Å². The molecule has 0 bridgehead atoms. The molecule has 216 valence electrons. The molecule has 0 spiro atoms. The van der Waals surface area contributed by atoms with Gasteiger partial charge in [0.15, 0.2) is 0 Å². The van der Waals surface area contributed by atoms with Crippen molar-refractivity contribution in [1.82, 2.24) is 15.5 Å². The number of ether oxygens (including phenoxy) is 1. The van der Waals surface area contributed by atoms with E-state index in [0.717, 1.165) is 6.42 Å². The van der Waals surface area contributed by atoms with Gasteiger partial charge in [0.1, 0.15) is 11.1 Å². The van der Waals surface area contributed by atoms with E-state index < -0.39 is 27.9 Å². The zero-order chi connectivity index (χ0) is 28.9. The van der Waals surface area contributed by atoms with Crippen LogP contribution in [-0.4, -0.2) is 70.9 Å². The summed E-state index contributed by atoms with van der Waals surface area (Å²) in [5.41, 5.74) is -2.87. The molecule has 0 aromatic heterocycles. The number of nitrogens with zero attached hydrogens (tertiary/aromatic N) is 1. The Morgan fingerprint density at radius 2 is 1.58 bits per heavy atom. The molecule has 4 atom stereocenters. The van der Waals surface area contributed by atoms with Gasteiger partial charge in [-0.15, -0.1) is 0 Å². The summed E-state index contributed by atoms with van der Waals surface area (Å²) in [6, 6.07) is 0. The molecule has 2 heterocycles.